The molecule has 118 valence electrons. The van der Waals surface area contributed by atoms with E-state index in [1.165, 1.54) is 0 Å². The highest BCUT2D eigenvalue weighted by atomic mass is 35.5. The minimum Gasteiger partial charge on any atom is -0.308 e. The number of hydrogen-bond donors (Lipinski definition) is 1. The second kappa shape index (κ2) is 6.22. The zero-order valence-electron chi connectivity index (χ0n) is 12.7. The van der Waals surface area contributed by atoms with Crippen LogP contribution in [0.2, 0.25) is 0 Å². The molecule has 0 spiro atoms. The maximum Gasteiger partial charge on any atom is 0.258 e. The molecule has 0 radical (unpaired) electrons. The molecule has 23 heavy (non-hydrogen) atoms. The summed E-state index contributed by atoms with van der Waals surface area (Å²) in [7, 11) is 0. The van der Waals surface area contributed by atoms with E-state index in [4.69, 9.17) is 23.2 Å². The van der Waals surface area contributed by atoms with Crippen molar-refractivity contribution in [3.8, 4) is 11.3 Å². The number of nitrogens with one attached hydrogen (secondary N) is 1. The van der Waals surface area contributed by atoms with Crippen LogP contribution in [0.1, 0.15) is 11.1 Å². The van der Waals surface area contributed by atoms with Crippen molar-refractivity contribution in [2.24, 2.45) is 0 Å². The van der Waals surface area contributed by atoms with Gasteiger partial charge in [-0.3, -0.25) is 9.20 Å². The Bertz CT molecular complexity index is 869. The van der Waals surface area contributed by atoms with Crippen LogP contribution < -0.4 is 5.32 Å². The number of nitrogens with zero attached hydrogens (tertiary/aromatic N) is 2. The molecule has 1 amide bonds. The number of benzene rings is 1. The van der Waals surface area contributed by atoms with E-state index >= 15 is 0 Å². The van der Waals surface area contributed by atoms with E-state index in [-0.39, 0.29) is 0 Å². The van der Waals surface area contributed by atoms with Gasteiger partial charge in [-0.25, -0.2) is 4.98 Å². The number of anilines is 1. The van der Waals surface area contributed by atoms with Crippen LogP contribution in [0.3, 0.4) is 0 Å². The molecule has 2 heterocycles. The molecule has 0 aliphatic heterocycles. The molecule has 0 aliphatic rings. The lowest BCUT2D eigenvalue weighted by Crippen LogP contribution is -2.20. The molecule has 0 fully saturated rings. The van der Waals surface area contributed by atoms with E-state index in [2.05, 4.69) is 10.3 Å². The van der Waals surface area contributed by atoms with Gasteiger partial charge in [0.2, 0.25) is 0 Å². The molecule has 4 nitrogen and oxygen atoms in total. The first kappa shape index (κ1) is 15.8. The molecule has 2 aromatic heterocycles. The van der Waals surface area contributed by atoms with Crippen LogP contribution in [0.15, 0.2) is 42.6 Å². The van der Waals surface area contributed by atoms with Crippen LogP contribution in [0, 0.1) is 13.8 Å². The van der Waals surface area contributed by atoms with Crippen LogP contribution in [-0.4, -0.2) is 20.1 Å². The van der Waals surface area contributed by atoms with Gasteiger partial charge in [0, 0.05) is 11.8 Å². The van der Waals surface area contributed by atoms with Crippen molar-refractivity contribution < 1.29 is 4.79 Å². The van der Waals surface area contributed by atoms with Crippen molar-refractivity contribution in [2.45, 2.75) is 18.7 Å². The van der Waals surface area contributed by atoms with Crippen molar-refractivity contribution in [1.82, 2.24) is 9.38 Å². The summed E-state index contributed by atoms with van der Waals surface area (Å²) in [5, 5.41) is 2.76. The molecule has 3 rings (SSSR count). The van der Waals surface area contributed by atoms with Gasteiger partial charge < -0.3 is 5.32 Å². The molecule has 0 aliphatic carbocycles. The molecule has 0 atom stereocenters. The third kappa shape index (κ3) is 3.19. The third-order valence-corrected chi connectivity index (χ3v) is 3.94. The number of hydrogen-bond acceptors (Lipinski definition) is 2. The number of alkyl halides is 2. The topological polar surface area (TPSA) is 46.4 Å². The highest BCUT2D eigenvalue weighted by Crippen LogP contribution is 2.29. The van der Waals surface area contributed by atoms with Crippen molar-refractivity contribution in [3.63, 3.8) is 0 Å². The van der Waals surface area contributed by atoms with E-state index in [1.54, 1.807) is 0 Å². The average molecular weight is 348 g/mol. The quantitative estimate of drug-likeness (QED) is 0.715. The zero-order valence-corrected chi connectivity index (χ0v) is 14.2. The summed E-state index contributed by atoms with van der Waals surface area (Å²) in [4.78, 5) is 15.4. The Balaban J connectivity index is 2.18. The maximum absolute atomic E-state index is 11.9. The summed E-state index contributed by atoms with van der Waals surface area (Å²) in [6, 6.07) is 11.8. The fraction of sp³-hybridized carbons (Fsp3) is 0.176. The number of rotatable bonds is 3. The maximum atomic E-state index is 11.9. The molecule has 3 aromatic rings. The minimum atomic E-state index is -1.14. The number of fused-ring (bicyclic) bond motifs is 1. The molecule has 0 bridgehead atoms. The summed E-state index contributed by atoms with van der Waals surface area (Å²) >= 11 is 11.3. The van der Waals surface area contributed by atoms with Gasteiger partial charge in [0.05, 0.1) is 0 Å². The Morgan fingerprint density at radius 2 is 1.83 bits per heavy atom. The Labute approximate surface area is 144 Å². The third-order valence-electron chi connectivity index (χ3n) is 3.55. The number of pyridine rings is 1. The number of carbonyl (C=O) groups excluding carboxylic acids is 1. The van der Waals surface area contributed by atoms with Gasteiger partial charge in [0.15, 0.2) is 4.84 Å². The van der Waals surface area contributed by atoms with Crippen molar-refractivity contribution in [3.05, 3.63) is 53.7 Å². The summed E-state index contributed by atoms with van der Waals surface area (Å²) < 4.78 is 1.82. The van der Waals surface area contributed by atoms with E-state index in [9.17, 15) is 4.79 Å². The normalized spacial score (nSPS) is 11.2. The van der Waals surface area contributed by atoms with Gasteiger partial charge in [-0.15, -0.1) is 0 Å². The summed E-state index contributed by atoms with van der Waals surface area (Å²) in [5.74, 6) is 0.0734. The largest absolute Gasteiger partial charge is 0.308 e. The lowest BCUT2D eigenvalue weighted by molar-refractivity contribution is -0.114. The fourth-order valence-corrected chi connectivity index (χ4v) is 2.46. The minimum absolute atomic E-state index is 0.482. The molecular weight excluding hydrogens is 333 g/mol. The first-order valence-electron chi connectivity index (χ1n) is 7.10. The molecule has 6 heteroatoms. The Morgan fingerprint density at radius 1 is 1.13 bits per heavy atom. The first-order chi connectivity index (χ1) is 11.0. The monoisotopic (exact) mass is 347 g/mol. The summed E-state index contributed by atoms with van der Waals surface area (Å²) in [5.41, 5.74) is 4.58. The molecule has 1 aromatic carbocycles. The van der Waals surface area contributed by atoms with Crippen LogP contribution >= 0.6 is 23.2 Å². The van der Waals surface area contributed by atoms with E-state index < -0.39 is 10.7 Å². The van der Waals surface area contributed by atoms with E-state index in [1.807, 2.05) is 60.8 Å². The average Bonchev–Trinajstić information content (AvgIpc) is 2.85. The molecule has 0 saturated carbocycles. The molecule has 1 N–H and O–H groups in total. The number of carbonyl (C=O) groups is 1. The van der Waals surface area contributed by atoms with Crippen LogP contribution in [0.5, 0.6) is 0 Å². The smallest absolute Gasteiger partial charge is 0.258 e. The lowest BCUT2D eigenvalue weighted by atomic mass is 10.1. The number of amides is 1. The lowest BCUT2D eigenvalue weighted by Gasteiger charge is -2.08. The van der Waals surface area contributed by atoms with Crippen molar-refractivity contribution >= 4 is 40.6 Å². The van der Waals surface area contributed by atoms with E-state index in [0.717, 1.165) is 22.3 Å². The van der Waals surface area contributed by atoms with Gasteiger partial charge in [-0.1, -0.05) is 53.0 Å². The van der Waals surface area contributed by atoms with Gasteiger partial charge in [-0.05, 0) is 31.5 Å². The number of aryl methyl sites for hydroxylation is 2. The van der Waals surface area contributed by atoms with Gasteiger partial charge in [0.1, 0.15) is 17.2 Å². The fourth-order valence-electron chi connectivity index (χ4n) is 2.35. The second-order valence-electron chi connectivity index (χ2n) is 5.40. The van der Waals surface area contributed by atoms with Gasteiger partial charge in [0.25, 0.3) is 5.91 Å². The highest BCUT2D eigenvalue weighted by Gasteiger charge is 2.19. The Hall–Kier alpha value is -2.04. The van der Waals surface area contributed by atoms with Gasteiger partial charge in [-0.2, -0.15) is 0 Å². The van der Waals surface area contributed by atoms with Crippen molar-refractivity contribution in [1.29, 1.82) is 0 Å². The number of halogens is 2. The van der Waals surface area contributed by atoms with Gasteiger partial charge >= 0.3 is 0 Å². The van der Waals surface area contributed by atoms with E-state index in [0.29, 0.717) is 11.5 Å². The second-order valence-corrected chi connectivity index (χ2v) is 6.49. The standard InChI is InChI=1S/C17H15Cl2N3O/c1-10-3-5-12(6-4-10)14-16(21-17(23)15(18)19)22-8-7-11(2)9-13(22)20-14/h3-9,15H,1-2H3,(H,21,23). The molecule has 0 unspecified atom stereocenters. The Kier molecular flexibility index (Phi) is 4.28. The zero-order chi connectivity index (χ0) is 16.6. The van der Waals surface area contributed by atoms with Crippen LogP contribution in [0.4, 0.5) is 5.82 Å². The highest BCUT2D eigenvalue weighted by molar-refractivity contribution is 6.54. The number of aromatic nitrogens is 2. The predicted molar refractivity (Wildman–Crippen MR) is 94.2 cm³/mol. The van der Waals surface area contributed by atoms with Crippen LogP contribution in [-0.2, 0) is 4.79 Å². The van der Waals surface area contributed by atoms with Crippen LogP contribution in [0.25, 0.3) is 16.9 Å². The first-order valence-corrected chi connectivity index (χ1v) is 7.98. The number of imidazole rings is 1. The Morgan fingerprint density at radius 3 is 2.48 bits per heavy atom. The molecular formula is C17H15Cl2N3O. The summed E-state index contributed by atoms with van der Waals surface area (Å²) in [6.07, 6.45) is 1.86. The molecule has 0 saturated heterocycles. The SMILES string of the molecule is Cc1ccc(-c2nc3cc(C)ccn3c2NC(=O)C(Cl)Cl)cc1. The summed E-state index contributed by atoms with van der Waals surface area (Å²) in [6.45, 7) is 4.01. The predicted octanol–water partition coefficient (Wildman–Crippen LogP) is 4.36. The van der Waals surface area contributed by atoms with Crippen molar-refractivity contribution in [2.75, 3.05) is 5.32 Å².